The Morgan fingerprint density at radius 2 is 1.92 bits per heavy atom. The highest BCUT2D eigenvalue weighted by Gasteiger charge is 2.34. The average molecular weight is 495 g/mol. The number of H-pyrrole nitrogens is 1. The van der Waals surface area contributed by atoms with Gasteiger partial charge in [-0.2, -0.15) is 0 Å². The molecule has 1 N–H and O–H groups in total. The normalized spacial score (nSPS) is 20.8. The molecule has 1 aliphatic carbocycles. The lowest BCUT2D eigenvalue weighted by Gasteiger charge is -2.35. The first-order chi connectivity index (χ1) is 17.6. The van der Waals surface area contributed by atoms with Crippen LogP contribution in [-0.4, -0.2) is 56.1 Å². The van der Waals surface area contributed by atoms with Crippen LogP contribution in [0.15, 0.2) is 23.0 Å². The first-order valence-corrected chi connectivity index (χ1v) is 13.2. The Kier molecular flexibility index (Phi) is 6.39. The Bertz CT molecular complexity index is 1280. The molecule has 0 bridgehead atoms. The van der Waals surface area contributed by atoms with Crippen LogP contribution in [0.4, 0.5) is 0 Å². The fraction of sp³-hybridized carbons (Fsp3) is 0.615. The molecule has 0 amide bonds. The minimum absolute atomic E-state index is 0.0448. The largest absolute Gasteiger partial charge is 0.454 e. The van der Waals surface area contributed by atoms with Gasteiger partial charge in [-0.25, -0.2) is 4.68 Å². The number of nitrogens with zero attached hydrogens (tertiary/aromatic N) is 5. The van der Waals surface area contributed by atoms with Crippen molar-refractivity contribution in [2.45, 2.75) is 77.1 Å². The van der Waals surface area contributed by atoms with Crippen LogP contribution in [0.2, 0.25) is 0 Å². The van der Waals surface area contributed by atoms with Gasteiger partial charge in [0.1, 0.15) is 0 Å². The predicted molar refractivity (Wildman–Crippen MR) is 133 cm³/mol. The molecule has 0 unspecified atom stereocenters. The molecule has 10 heteroatoms. The standard InChI is InChI=1S/C26H34N6O4/c1-16(2)24(25-28-29-30-32(25)19-6-3-4-7-19)31(14-20-8-5-9-34-20)13-18-10-17-11-22-23(36-15-35-22)12-21(17)27-26(18)33/h10-12,16,19-20,24H,3-9,13-15H2,1-2H3,(H,27,33)/t20-,24+/m1/s1. The van der Waals surface area contributed by atoms with Gasteiger partial charge < -0.3 is 19.2 Å². The summed E-state index contributed by atoms with van der Waals surface area (Å²) < 4.78 is 19.1. The molecule has 3 aromatic rings. The third-order valence-corrected chi connectivity index (χ3v) is 7.73. The molecule has 2 atom stereocenters. The number of hydrogen-bond donors (Lipinski definition) is 1. The molecular weight excluding hydrogens is 460 g/mol. The number of benzene rings is 1. The summed E-state index contributed by atoms with van der Waals surface area (Å²) in [6, 6.07) is 6.03. The maximum Gasteiger partial charge on any atom is 0.252 e. The van der Waals surface area contributed by atoms with Crippen LogP contribution >= 0.6 is 0 Å². The highest BCUT2D eigenvalue weighted by Crippen LogP contribution is 2.37. The van der Waals surface area contributed by atoms with E-state index in [2.05, 4.69) is 39.3 Å². The van der Waals surface area contributed by atoms with E-state index in [4.69, 9.17) is 14.2 Å². The van der Waals surface area contributed by atoms with Crippen molar-refractivity contribution in [3.05, 3.63) is 39.9 Å². The lowest BCUT2D eigenvalue weighted by atomic mass is 9.99. The SMILES string of the molecule is CC(C)[C@@H](c1nnnn1C1CCCC1)N(Cc1cc2cc3c(cc2[nH]c1=O)OCO3)C[C@H]1CCCO1. The maximum atomic E-state index is 13.2. The molecule has 2 aromatic heterocycles. The Morgan fingerprint density at radius 1 is 1.11 bits per heavy atom. The Labute approximate surface area is 209 Å². The molecule has 3 aliphatic rings. The van der Waals surface area contributed by atoms with E-state index in [1.165, 1.54) is 12.8 Å². The maximum absolute atomic E-state index is 13.2. The van der Waals surface area contributed by atoms with Gasteiger partial charge in [-0.1, -0.05) is 26.7 Å². The van der Waals surface area contributed by atoms with Crippen LogP contribution in [0.5, 0.6) is 11.5 Å². The average Bonchev–Trinajstić information content (AvgIpc) is 3.65. The summed E-state index contributed by atoms with van der Waals surface area (Å²) >= 11 is 0. The molecule has 2 fully saturated rings. The quantitative estimate of drug-likeness (QED) is 0.505. The number of hydrogen-bond acceptors (Lipinski definition) is 8. The number of aromatic amines is 1. The minimum atomic E-state index is -0.100. The number of nitrogens with one attached hydrogen (secondary N) is 1. The van der Waals surface area contributed by atoms with Crippen LogP contribution in [0.1, 0.15) is 75.8 Å². The molecule has 0 spiro atoms. The molecule has 0 radical (unpaired) electrons. The van der Waals surface area contributed by atoms with Gasteiger partial charge in [0.2, 0.25) is 6.79 Å². The molecule has 1 aromatic carbocycles. The van der Waals surface area contributed by atoms with Gasteiger partial charge in [0.25, 0.3) is 5.56 Å². The zero-order chi connectivity index (χ0) is 24.6. The van der Waals surface area contributed by atoms with Crippen LogP contribution in [-0.2, 0) is 11.3 Å². The summed E-state index contributed by atoms with van der Waals surface area (Å²) in [5.41, 5.74) is 1.34. The third-order valence-electron chi connectivity index (χ3n) is 7.73. The highest BCUT2D eigenvalue weighted by molar-refractivity contribution is 5.83. The van der Waals surface area contributed by atoms with Gasteiger partial charge in [-0.3, -0.25) is 9.69 Å². The van der Waals surface area contributed by atoms with Gasteiger partial charge in [-0.15, -0.1) is 5.10 Å². The molecule has 6 rings (SSSR count). The fourth-order valence-corrected chi connectivity index (χ4v) is 5.99. The first-order valence-electron chi connectivity index (χ1n) is 13.2. The molecular formula is C26H34N6O4. The van der Waals surface area contributed by atoms with Gasteiger partial charge in [0, 0.05) is 36.7 Å². The summed E-state index contributed by atoms with van der Waals surface area (Å²) in [4.78, 5) is 18.6. The number of aromatic nitrogens is 5. The Hall–Kier alpha value is -2.98. The highest BCUT2D eigenvalue weighted by atomic mass is 16.7. The van der Waals surface area contributed by atoms with E-state index in [-0.39, 0.29) is 30.4 Å². The van der Waals surface area contributed by atoms with Gasteiger partial charge in [0.15, 0.2) is 17.3 Å². The number of tetrazole rings is 1. The number of rotatable bonds is 8. The fourth-order valence-electron chi connectivity index (χ4n) is 5.99. The number of ether oxygens (including phenoxy) is 3. The number of pyridine rings is 1. The van der Waals surface area contributed by atoms with Crippen molar-refractivity contribution in [1.29, 1.82) is 0 Å². The van der Waals surface area contributed by atoms with Crippen molar-refractivity contribution in [3.63, 3.8) is 0 Å². The van der Waals surface area contributed by atoms with E-state index in [0.29, 0.717) is 29.6 Å². The monoisotopic (exact) mass is 494 g/mol. The molecule has 2 aliphatic heterocycles. The topological polar surface area (TPSA) is 107 Å². The van der Waals surface area contributed by atoms with Crippen molar-refractivity contribution in [2.75, 3.05) is 19.9 Å². The van der Waals surface area contributed by atoms with E-state index < -0.39 is 0 Å². The lowest BCUT2D eigenvalue weighted by molar-refractivity contribution is 0.0379. The van der Waals surface area contributed by atoms with Crippen LogP contribution in [0.25, 0.3) is 10.9 Å². The smallest absolute Gasteiger partial charge is 0.252 e. The molecule has 10 nitrogen and oxygen atoms in total. The van der Waals surface area contributed by atoms with Gasteiger partial charge in [0.05, 0.1) is 23.7 Å². The van der Waals surface area contributed by atoms with Crippen LogP contribution in [0, 0.1) is 5.92 Å². The summed E-state index contributed by atoms with van der Waals surface area (Å²) in [7, 11) is 0. The first kappa shape index (κ1) is 23.4. The molecule has 36 heavy (non-hydrogen) atoms. The number of fused-ring (bicyclic) bond motifs is 2. The second-order valence-corrected chi connectivity index (χ2v) is 10.6. The zero-order valence-electron chi connectivity index (χ0n) is 21.0. The van der Waals surface area contributed by atoms with Crippen LogP contribution < -0.4 is 15.0 Å². The Morgan fingerprint density at radius 3 is 2.67 bits per heavy atom. The van der Waals surface area contributed by atoms with Gasteiger partial charge in [-0.05, 0) is 54.2 Å². The van der Waals surface area contributed by atoms with E-state index in [1.807, 2.05) is 22.9 Å². The predicted octanol–water partition coefficient (Wildman–Crippen LogP) is 3.74. The van der Waals surface area contributed by atoms with E-state index in [1.54, 1.807) is 0 Å². The van der Waals surface area contributed by atoms with E-state index in [0.717, 1.165) is 55.6 Å². The molecule has 1 saturated carbocycles. The molecule has 4 heterocycles. The van der Waals surface area contributed by atoms with Gasteiger partial charge >= 0.3 is 0 Å². The second-order valence-electron chi connectivity index (χ2n) is 10.6. The Balaban J connectivity index is 1.37. The second kappa shape index (κ2) is 9.82. The van der Waals surface area contributed by atoms with Crippen molar-refractivity contribution in [3.8, 4) is 11.5 Å². The molecule has 192 valence electrons. The van der Waals surface area contributed by atoms with Crippen molar-refractivity contribution < 1.29 is 14.2 Å². The summed E-state index contributed by atoms with van der Waals surface area (Å²) in [5, 5.41) is 14.0. The summed E-state index contributed by atoms with van der Waals surface area (Å²) in [6.07, 6.45) is 6.85. The van der Waals surface area contributed by atoms with Crippen molar-refractivity contribution >= 4 is 10.9 Å². The van der Waals surface area contributed by atoms with E-state index >= 15 is 0 Å². The van der Waals surface area contributed by atoms with Crippen molar-refractivity contribution in [2.24, 2.45) is 5.92 Å². The lowest BCUT2D eigenvalue weighted by Crippen LogP contribution is -2.40. The summed E-state index contributed by atoms with van der Waals surface area (Å²) in [5.74, 6) is 2.48. The third kappa shape index (κ3) is 4.48. The van der Waals surface area contributed by atoms with Crippen molar-refractivity contribution in [1.82, 2.24) is 30.1 Å². The van der Waals surface area contributed by atoms with Crippen LogP contribution in [0.3, 0.4) is 0 Å². The summed E-state index contributed by atoms with van der Waals surface area (Å²) in [6.45, 7) is 6.58. The molecule has 1 saturated heterocycles. The minimum Gasteiger partial charge on any atom is -0.454 e. The van der Waals surface area contributed by atoms with E-state index in [9.17, 15) is 4.79 Å². The zero-order valence-corrected chi connectivity index (χ0v) is 21.0.